The summed E-state index contributed by atoms with van der Waals surface area (Å²) in [5.41, 5.74) is 3.96. The van der Waals surface area contributed by atoms with Crippen molar-refractivity contribution in [1.82, 2.24) is 5.32 Å². The van der Waals surface area contributed by atoms with E-state index in [-0.39, 0.29) is 23.3 Å². The van der Waals surface area contributed by atoms with Gasteiger partial charge in [0.1, 0.15) is 6.04 Å². The number of nitrogens with one attached hydrogen (secondary N) is 3. The molecule has 0 aliphatic heterocycles. The lowest BCUT2D eigenvalue weighted by molar-refractivity contribution is -0.118. The standard InChI is InChI=1S/C27H29N3O3/c1-17(2)24(27(33)28-21-15-11-19(4)12-16-21)30-26(32)22-7-5-6-8-23(22)29-25(31)20-13-9-18(3)10-14-20/h5-17,24H,1-4H3,(H,28,33)(H,29,31)(H,30,32)/t24-/m1/s1. The Morgan fingerprint density at radius 3 is 1.88 bits per heavy atom. The van der Waals surface area contributed by atoms with E-state index < -0.39 is 11.9 Å². The summed E-state index contributed by atoms with van der Waals surface area (Å²) in [5, 5.41) is 8.48. The van der Waals surface area contributed by atoms with Gasteiger partial charge in [-0.3, -0.25) is 14.4 Å². The molecular formula is C27H29N3O3. The number of carbonyl (C=O) groups is 3. The molecule has 3 N–H and O–H groups in total. The van der Waals surface area contributed by atoms with E-state index >= 15 is 0 Å². The van der Waals surface area contributed by atoms with E-state index in [1.807, 2.05) is 64.1 Å². The third-order valence-electron chi connectivity index (χ3n) is 5.29. The highest BCUT2D eigenvalue weighted by atomic mass is 16.2. The van der Waals surface area contributed by atoms with Crippen molar-refractivity contribution in [1.29, 1.82) is 0 Å². The van der Waals surface area contributed by atoms with E-state index in [1.165, 1.54) is 0 Å². The number of amides is 3. The Morgan fingerprint density at radius 1 is 0.697 bits per heavy atom. The summed E-state index contributed by atoms with van der Waals surface area (Å²) in [7, 11) is 0. The van der Waals surface area contributed by atoms with Crippen molar-refractivity contribution in [2.24, 2.45) is 5.92 Å². The molecule has 0 spiro atoms. The second-order valence-corrected chi connectivity index (χ2v) is 8.42. The van der Waals surface area contributed by atoms with Crippen molar-refractivity contribution >= 4 is 29.1 Å². The van der Waals surface area contributed by atoms with Crippen LogP contribution >= 0.6 is 0 Å². The van der Waals surface area contributed by atoms with Crippen LogP contribution in [-0.4, -0.2) is 23.8 Å². The molecule has 0 bridgehead atoms. The quantitative estimate of drug-likeness (QED) is 0.483. The van der Waals surface area contributed by atoms with Crippen LogP contribution in [0.5, 0.6) is 0 Å². The minimum absolute atomic E-state index is 0.145. The fourth-order valence-electron chi connectivity index (χ4n) is 3.30. The highest BCUT2D eigenvalue weighted by Gasteiger charge is 2.26. The second-order valence-electron chi connectivity index (χ2n) is 8.42. The molecule has 0 radical (unpaired) electrons. The van der Waals surface area contributed by atoms with E-state index in [9.17, 15) is 14.4 Å². The number of rotatable bonds is 7. The van der Waals surface area contributed by atoms with Crippen molar-refractivity contribution in [3.8, 4) is 0 Å². The zero-order valence-corrected chi connectivity index (χ0v) is 19.3. The third-order valence-corrected chi connectivity index (χ3v) is 5.29. The maximum Gasteiger partial charge on any atom is 0.255 e. The van der Waals surface area contributed by atoms with E-state index in [0.29, 0.717) is 16.9 Å². The van der Waals surface area contributed by atoms with Gasteiger partial charge in [0.15, 0.2) is 0 Å². The molecule has 0 heterocycles. The first-order valence-corrected chi connectivity index (χ1v) is 10.9. The fraction of sp³-hybridized carbons (Fsp3) is 0.222. The van der Waals surface area contributed by atoms with Crippen molar-refractivity contribution < 1.29 is 14.4 Å². The Balaban J connectivity index is 1.75. The van der Waals surface area contributed by atoms with Gasteiger partial charge in [-0.2, -0.15) is 0 Å². The van der Waals surface area contributed by atoms with Crippen molar-refractivity contribution in [3.63, 3.8) is 0 Å². The Hall–Kier alpha value is -3.93. The molecule has 3 amide bonds. The van der Waals surface area contributed by atoms with Gasteiger partial charge in [0.05, 0.1) is 11.3 Å². The topological polar surface area (TPSA) is 87.3 Å². The number of para-hydroxylation sites is 1. The van der Waals surface area contributed by atoms with Gasteiger partial charge in [-0.15, -0.1) is 0 Å². The summed E-state index contributed by atoms with van der Waals surface area (Å²) in [6.45, 7) is 7.65. The molecule has 33 heavy (non-hydrogen) atoms. The maximum atomic E-state index is 13.1. The normalized spacial score (nSPS) is 11.5. The first kappa shape index (κ1) is 23.7. The third kappa shape index (κ3) is 6.29. The summed E-state index contributed by atoms with van der Waals surface area (Å²) < 4.78 is 0. The molecule has 0 fully saturated rings. The lowest BCUT2D eigenvalue weighted by atomic mass is 10.0. The largest absolute Gasteiger partial charge is 0.340 e. The molecule has 0 aromatic heterocycles. The van der Waals surface area contributed by atoms with E-state index in [0.717, 1.165) is 11.1 Å². The van der Waals surface area contributed by atoms with Crippen LogP contribution in [0.4, 0.5) is 11.4 Å². The molecule has 1 atom stereocenters. The SMILES string of the molecule is Cc1ccc(NC(=O)[C@H](NC(=O)c2ccccc2NC(=O)c2ccc(C)cc2)C(C)C)cc1. The first-order chi connectivity index (χ1) is 15.7. The monoisotopic (exact) mass is 443 g/mol. The van der Waals surface area contributed by atoms with Crippen LogP contribution in [0.2, 0.25) is 0 Å². The lowest BCUT2D eigenvalue weighted by Gasteiger charge is -2.22. The molecule has 0 saturated carbocycles. The van der Waals surface area contributed by atoms with Gasteiger partial charge >= 0.3 is 0 Å². The Morgan fingerprint density at radius 2 is 1.27 bits per heavy atom. The smallest absolute Gasteiger partial charge is 0.255 e. The molecule has 3 aromatic rings. The predicted molar refractivity (Wildman–Crippen MR) is 131 cm³/mol. The van der Waals surface area contributed by atoms with Gasteiger partial charge in [-0.25, -0.2) is 0 Å². The molecule has 6 heteroatoms. The van der Waals surface area contributed by atoms with Gasteiger partial charge in [0, 0.05) is 11.3 Å². The molecule has 0 unspecified atom stereocenters. The molecule has 0 aliphatic rings. The minimum Gasteiger partial charge on any atom is -0.340 e. The number of aryl methyl sites for hydroxylation is 2. The number of carbonyl (C=O) groups excluding carboxylic acids is 3. The first-order valence-electron chi connectivity index (χ1n) is 10.9. The van der Waals surface area contributed by atoms with Crippen LogP contribution < -0.4 is 16.0 Å². The van der Waals surface area contributed by atoms with Crippen LogP contribution in [0.1, 0.15) is 45.7 Å². The molecule has 3 aromatic carbocycles. The maximum absolute atomic E-state index is 13.1. The highest BCUT2D eigenvalue weighted by Crippen LogP contribution is 2.18. The van der Waals surface area contributed by atoms with Gasteiger partial charge in [-0.05, 0) is 56.2 Å². The molecule has 0 aliphatic carbocycles. The van der Waals surface area contributed by atoms with Crippen molar-refractivity contribution in [3.05, 3.63) is 95.1 Å². The van der Waals surface area contributed by atoms with Crippen molar-refractivity contribution in [2.45, 2.75) is 33.7 Å². The fourth-order valence-corrected chi connectivity index (χ4v) is 3.30. The van der Waals surface area contributed by atoms with Crippen LogP contribution in [-0.2, 0) is 4.79 Å². The highest BCUT2D eigenvalue weighted by molar-refractivity contribution is 6.10. The molecule has 3 rings (SSSR count). The predicted octanol–water partition coefficient (Wildman–Crippen LogP) is 4.95. The van der Waals surface area contributed by atoms with Crippen molar-refractivity contribution in [2.75, 3.05) is 10.6 Å². The number of benzene rings is 3. The zero-order valence-electron chi connectivity index (χ0n) is 19.3. The molecular weight excluding hydrogens is 414 g/mol. The Kier molecular flexibility index (Phi) is 7.61. The van der Waals surface area contributed by atoms with Gasteiger partial charge in [-0.1, -0.05) is 61.4 Å². The summed E-state index contributed by atoms with van der Waals surface area (Å²) in [6.07, 6.45) is 0. The Bertz CT molecular complexity index is 1140. The van der Waals surface area contributed by atoms with Crippen LogP contribution in [0.15, 0.2) is 72.8 Å². The van der Waals surface area contributed by atoms with Gasteiger partial charge in [0.2, 0.25) is 5.91 Å². The van der Waals surface area contributed by atoms with E-state index in [2.05, 4.69) is 16.0 Å². The van der Waals surface area contributed by atoms with Gasteiger partial charge < -0.3 is 16.0 Å². The number of hydrogen-bond donors (Lipinski definition) is 3. The van der Waals surface area contributed by atoms with Crippen LogP contribution in [0.3, 0.4) is 0 Å². The molecule has 0 saturated heterocycles. The summed E-state index contributed by atoms with van der Waals surface area (Å²) in [6, 6.07) is 20.6. The van der Waals surface area contributed by atoms with Crippen LogP contribution in [0, 0.1) is 19.8 Å². The summed E-state index contributed by atoms with van der Waals surface area (Å²) in [5.74, 6) is -1.20. The average Bonchev–Trinajstić information content (AvgIpc) is 2.79. The molecule has 170 valence electrons. The zero-order chi connectivity index (χ0) is 24.0. The Labute approximate surface area is 194 Å². The van der Waals surface area contributed by atoms with E-state index in [1.54, 1.807) is 36.4 Å². The second kappa shape index (κ2) is 10.6. The number of hydrogen-bond acceptors (Lipinski definition) is 3. The average molecular weight is 444 g/mol. The van der Waals surface area contributed by atoms with Crippen LogP contribution in [0.25, 0.3) is 0 Å². The van der Waals surface area contributed by atoms with E-state index in [4.69, 9.17) is 0 Å². The summed E-state index contributed by atoms with van der Waals surface area (Å²) in [4.78, 5) is 38.6. The number of anilines is 2. The van der Waals surface area contributed by atoms with Gasteiger partial charge in [0.25, 0.3) is 11.8 Å². The molecule has 6 nitrogen and oxygen atoms in total. The lowest BCUT2D eigenvalue weighted by Crippen LogP contribution is -2.47. The minimum atomic E-state index is -0.750. The summed E-state index contributed by atoms with van der Waals surface area (Å²) >= 11 is 0.